The van der Waals surface area contributed by atoms with Crippen molar-refractivity contribution in [2.75, 3.05) is 32.2 Å². The number of methoxy groups -OCH3 is 1. The van der Waals surface area contributed by atoms with Crippen LogP contribution in [0, 0.1) is 11.3 Å². The second kappa shape index (κ2) is 9.45. The quantitative estimate of drug-likeness (QED) is 0.395. The number of aliphatic imine (C=N–C) groups is 1. The molecule has 9 heteroatoms. The van der Waals surface area contributed by atoms with Gasteiger partial charge < -0.3 is 20.9 Å². The smallest absolute Gasteiger partial charge is 0.406 e. The average Bonchev–Trinajstić information content (AvgIpc) is 2.67. The van der Waals surface area contributed by atoms with Gasteiger partial charge in [0.05, 0.1) is 12.7 Å². The van der Waals surface area contributed by atoms with Gasteiger partial charge in [-0.15, -0.1) is 11.8 Å². The van der Waals surface area contributed by atoms with E-state index in [4.69, 9.17) is 5.73 Å². The van der Waals surface area contributed by atoms with E-state index < -0.39 is 6.09 Å². The monoisotopic (exact) mass is 385 g/mol. The number of nitriles is 1. The molecule has 1 aromatic carbocycles. The van der Waals surface area contributed by atoms with Crippen LogP contribution < -0.4 is 11.1 Å². The Hall–Kier alpha value is -3.25. The number of pyridine rings is 1. The molecule has 2 aromatic rings. The fourth-order valence-corrected chi connectivity index (χ4v) is 3.22. The van der Waals surface area contributed by atoms with E-state index in [9.17, 15) is 15.2 Å². The van der Waals surface area contributed by atoms with Crippen molar-refractivity contribution in [3.63, 3.8) is 0 Å². The summed E-state index contributed by atoms with van der Waals surface area (Å²) in [5.41, 5.74) is 8.31. The number of anilines is 1. The standard InChI is InChI=1S/C18H19N5O3S/c1-21-10-14-15(11-3-5-12(24)6-4-11)13(9-19)17(23-16(14)20)27-8-7-22-18(25)26-2/h3-6,10,24H,7-8H2,1-2H3,(H2,20,23)(H,22,25). The number of nitrogens with one attached hydrogen (secondary N) is 1. The minimum Gasteiger partial charge on any atom is -0.508 e. The highest BCUT2D eigenvalue weighted by molar-refractivity contribution is 7.99. The molecule has 27 heavy (non-hydrogen) atoms. The zero-order valence-electron chi connectivity index (χ0n) is 14.9. The van der Waals surface area contributed by atoms with Crippen LogP contribution in [0.3, 0.4) is 0 Å². The second-order valence-electron chi connectivity index (χ2n) is 5.28. The Morgan fingerprint density at radius 3 is 2.78 bits per heavy atom. The predicted octanol–water partition coefficient (Wildman–Crippen LogP) is 2.40. The Labute approximate surface area is 161 Å². The van der Waals surface area contributed by atoms with Gasteiger partial charge >= 0.3 is 6.09 Å². The van der Waals surface area contributed by atoms with Crippen molar-refractivity contribution in [2.24, 2.45) is 4.99 Å². The number of carbonyl (C=O) groups is 1. The van der Waals surface area contributed by atoms with Crippen molar-refractivity contribution in [2.45, 2.75) is 5.03 Å². The van der Waals surface area contributed by atoms with Crippen molar-refractivity contribution in [3.05, 3.63) is 35.4 Å². The largest absolute Gasteiger partial charge is 0.508 e. The molecule has 1 amide bonds. The third-order valence-corrected chi connectivity index (χ3v) is 4.53. The lowest BCUT2D eigenvalue weighted by Crippen LogP contribution is -2.25. The van der Waals surface area contributed by atoms with Gasteiger partial charge in [0.25, 0.3) is 0 Å². The van der Waals surface area contributed by atoms with Crippen LogP contribution in [0.4, 0.5) is 10.6 Å². The van der Waals surface area contributed by atoms with E-state index in [0.717, 1.165) is 0 Å². The highest BCUT2D eigenvalue weighted by atomic mass is 32.2. The van der Waals surface area contributed by atoms with Crippen LogP contribution in [0.1, 0.15) is 11.1 Å². The molecule has 1 aromatic heterocycles. The predicted molar refractivity (Wildman–Crippen MR) is 105 cm³/mol. The number of aromatic nitrogens is 1. The first kappa shape index (κ1) is 20.1. The van der Waals surface area contributed by atoms with Gasteiger partial charge in [-0.25, -0.2) is 9.78 Å². The lowest BCUT2D eigenvalue weighted by atomic mass is 9.96. The van der Waals surface area contributed by atoms with Gasteiger partial charge in [-0.1, -0.05) is 12.1 Å². The summed E-state index contributed by atoms with van der Waals surface area (Å²) in [5, 5.41) is 22.3. The number of alkyl carbamates (subject to hydrolysis) is 1. The number of ether oxygens (including phenoxy) is 1. The Bertz CT molecular complexity index is 891. The zero-order chi connectivity index (χ0) is 19.8. The Morgan fingerprint density at radius 1 is 1.48 bits per heavy atom. The molecule has 0 aliphatic rings. The molecule has 0 bridgehead atoms. The molecule has 140 valence electrons. The molecule has 0 aliphatic heterocycles. The highest BCUT2D eigenvalue weighted by Crippen LogP contribution is 2.35. The van der Waals surface area contributed by atoms with Crippen molar-refractivity contribution in [1.29, 1.82) is 5.26 Å². The maximum absolute atomic E-state index is 11.1. The summed E-state index contributed by atoms with van der Waals surface area (Å²) < 4.78 is 4.51. The summed E-state index contributed by atoms with van der Waals surface area (Å²) in [6, 6.07) is 8.66. The topological polar surface area (TPSA) is 134 Å². The first-order valence-electron chi connectivity index (χ1n) is 7.91. The summed E-state index contributed by atoms with van der Waals surface area (Å²) >= 11 is 1.30. The van der Waals surface area contributed by atoms with Crippen LogP contribution in [0.25, 0.3) is 11.1 Å². The Morgan fingerprint density at radius 2 is 2.19 bits per heavy atom. The summed E-state index contributed by atoms with van der Waals surface area (Å²) in [6.45, 7) is 0.344. The van der Waals surface area contributed by atoms with Crippen LogP contribution in [-0.2, 0) is 4.74 Å². The van der Waals surface area contributed by atoms with Crippen molar-refractivity contribution in [1.82, 2.24) is 10.3 Å². The molecule has 8 nitrogen and oxygen atoms in total. The number of phenols is 1. The van der Waals surface area contributed by atoms with E-state index in [1.165, 1.54) is 31.0 Å². The van der Waals surface area contributed by atoms with E-state index in [1.54, 1.807) is 25.4 Å². The number of benzene rings is 1. The molecular weight excluding hydrogens is 366 g/mol. The van der Waals surface area contributed by atoms with E-state index in [0.29, 0.717) is 39.6 Å². The van der Waals surface area contributed by atoms with Crippen molar-refractivity contribution >= 4 is 29.9 Å². The zero-order valence-corrected chi connectivity index (χ0v) is 15.7. The van der Waals surface area contributed by atoms with Crippen molar-refractivity contribution < 1.29 is 14.6 Å². The van der Waals surface area contributed by atoms with Crippen LogP contribution in [-0.4, -0.2) is 48.9 Å². The second-order valence-corrected chi connectivity index (χ2v) is 6.36. The van der Waals surface area contributed by atoms with E-state index in [1.807, 2.05) is 0 Å². The first-order valence-corrected chi connectivity index (χ1v) is 8.90. The molecule has 0 fully saturated rings. The molecule has 0 saturated heterocycles. The maximum atomic E-state index is 11.1. The summed E-state index contributed by atoms with van der Waals surface area (Å²) in [6.07, 6.45) is 1.03. The normalized spacial score (nSPS) is 10.6. The number of rotatable bonds is 6. The average molecular weight is 385 g/mol. The molecular formula is C18H19N5O3S. The number of phenolic OH excluding ortho intramolecular Hbond substituents is 1. The summed E-state index contributed by atoms with van der Waals surface area (Å²) in [4.78, 5) is 19.5. The van der Waals surface area contributed by atoms with Crippen LogP contribution in [0.2, 0.25) is 0 Å². The summed E-state index contributed by atoms with van der Waals surface area (Å²) in [7, 11) is 2.89. The van der Waals surface area contributed by atoms with Crippen molar-refractivity contribution in [3.8, 4) is 22.9 Å². The third-order valence-electron chi connectivity index (χ3n) is 3.55. The molecule has 4 N–H and O–H groups in total. The molecule has 0 saturated carbocycles. The van der Waals surface area contributed by atoms with Crippen LogP contribution >= 0.6 is 11.8 Å². The third kappa shape index (κ3) is 4.89. The molecule has 0 radical (unpaired) electrons. The van der Waals surface area contributed by atoms with Gasteiger partial charge in [0.1, 0.15) is 22.7 Å². The minimum absolute atomic E-state index is 0.119. The van der Waals surface area contributed by atoms with Crippen LogP contribution in [0.5, 0.6) is 5.75 Å². The summed E-state index contributed by atoms with van der Waals surface area (Å²) in [5.74, 6) is 0.839. The fourth-order valence-electron chi connectivity index (χ4n) is 2.36. The lowest BCUT2D eigenvalue weighted by molar-refractivity contribution is 0.172. The number of nitrogens with zero attached hydrogens (tertiary/aromatic N) is 3. The molecule has 2 rings (SSSR count). The number of carbonyl (C=O) groups excluding carboxylic acids is 1. The molecule has 0 unspecified atom stereocenters. The molecule has 0 aliphatic carbocycles. The number of aromatic hydroxyl groups is 1. The number of amides is 1. The Balaban J connectivity index is 2.46. The first-order chi connectivity index (χ1) is 13.0. The van der Waals surface area contributed by atoms with E-state index in [2.05, 4.69) is 26.1 Å². The highest BCUT2D eigenvalue weighted by Gasteiger charge is 2.19. The van der Waals surface area contributed by atoms with Gasteiger partial charge in [-0.05, 0) is 17.7 Å². The molecule has 0 spiro atoms. The van der Waals surface area contributed by atoms with Gasteiger partial charge in [0.2, 0.25) is 0 Å². The fraction of sp³-hybridized carbons (Fsp3) is 0.222. The lowest BCUT2D eigenvalue weighted by Gasteiger charge is -2.14. The van der Waals surface area contributed by atoms with Gasteiger partial charge in [0, 0.05) is 36.7 Å². The van der Waals surface area contributed by atoms with Gasteiger partial charge in [-0.3, -0.25) is 4.99 Å². The number of nitrogens with two attached hydrogens (primary N) is 1. The number of thioether (sulfide) groups is 1. The SMILES string of the molecule is CN=Cc1c(N)nc(SCCNC(=O)OC)c(C#N)c1-c1ccc(O)cc1. The maximum Gasteiger partial charge on any atom is 0.406 e. The van der Waals surface area contributed by atoms with E-state index >= 15 is 0 Å². The Kier molecular flexibility index (Phi) is 7.02. The molecule has 1 heterocycles. The number of nitrogen functional groups attached to an aromatic ring is 1. The van der Waals surface area contributed by atoms with E-state index in [-0.39, 0.29) is 11.6 Å². The van der Waals surface area contributed by atoms with Gasteiger partial charge in [-0.2, -0.15) is 5.26 Å². The van der Waals surface area contributed by atoms with Gasteiger partial charge in [0.15, 0.2) is 0 Å². The number of hydrogen-bond acceptors (Lipinski definition) is 8. The van der Waals surface area contributed by atoms with Crippen LogP contribution in [0.15, 0.2) is 34.3 Å². The number of hydrogen-bond donors (Lipinski definition) is 3. The molecule has 0 atom stereocenters. The minimum atomic E-state index is -0.525.